The highest BCUT2D eigenvalue weighted by atomic mass is 16.5. The molecule has 1 aromatic carbocycles. The molecule has 1 N–H and O–H groups in total. The fraction of sp³-hybridized carbons (Fsp3) is 0.471. The predicted octanol–water partition coefficient (Wildman–Crippen LogP) is 2.23. The van der Waals surface area contributed by atoms with Crippen LogP contribution in [0.25, 0.3) is 11.4 Å². The van der Waals surface area contributed by atoms with Crippen LogP contribution in [-0.4, -0.2) is 47.8 Å². The van der Waals surface area contributed by atoms with Gasteiger partial charge < -0.3 is 14.5 Å². The van der Waals surface area contributed by atoms with Gasteiger partial charge in [-0.05, 0) is 18.6 Å². The molecule has 0 saturated carbocycles. The monoisotopic (exact) mass is 299 g/mol. The summed E-state index contributed by atoms with van der Waals surface area (Å²) in [6.07, 6.45) is 2.15. The maximum Gasteiger partial charge on any atom is 0.137 e. The van der Waals surface area contributed by atoms with Crippen LogP contribution in [0.3, 0.4) is 0 Å². The van der Waals surface area contributed by atoms with Gasteiger partial charge in [0, 0.05) is 37.7 Å². The lowest BCUT2D eigenvalue weighted by Crippen LogP contribution is -2.39. The van der Waals surface area contributed by atoms with E-state index in [0.29, 0.717) is 6.04 Å². The van der Waals surface area contributed by atoms with E-state index in [9.17, 15) is 0 Å². The number of nitrogens with one attached hydrogen (secondary N) is 1. The Hall–Kier alpha value is -1.85. The Morgan fingerprint density at radius 1 is 1.41 bits per heavy atom. The van der Waals surface area contributed by atoms with Crippen molar-refractivity contribution in [1.29, 1.82) is 0 Å². The van der Waals surface area contributed by atoms with Crippen LogP contribution >= 0.6 is 0 Å². The molecule has 5 heteroatoms. The maximum atomic E-state index is 5.52. The van der Waals surface area contributed by atoms with Crippen molar-refractivity contribution in [2.45, 2.75) is 25.4 Å². The standard InChI is InChI=1S/C17H21N3O2/c1-21-14-4-2-3-12(9-14)17-18-15-5-7-20(10-16(15)19-17)13-6-8-22-11-13/h2-4,9,13H,5-8,10-11H2,1H3,(H,18,19)/t13-/m1/s1. The SMILES string of the molecule is COc1cccc(-c2nc3c([nH]2)CN([C@@H]2CCOC2)CC3)c1. The number of hydrogen-bond donors (Lipinski definition) is 1. The minimum absolute atomic E-state index is 0.566. The van der Waals surface area contributed by atoms with E-state index in [1.165, 1.54) is 11.4 Å². The molecule has 0 bridgehead atoms. The summed E-state index contributed by atoms with van der Waals surface area (Å²) in [4.78, 5) is 10.8. The van der Waals surface area contributed by atoms with E-state index in [2.05, 4.69) is 16.0 Å². The summed E-state index contributed by atoms with van der Waals surface area (Å²) >= 11 is 0. The van der Waals surface area contributed by atoms with E-state index < -0.39 is 0 Å². The van der Waals surface area contributed by atoms with E-state index in [0.717, 1.165) is 56.3 Å². The second-order valence-electron chi connectivity index (χ2n) is 5.98. The lowest BCUT2D eigenvalue weighted by Gasteiger charge is -2.30. The molecule has 2 aliphatic rings. The first-order valence-corrected chi connectivity index (χ1v) is 7.87. The van der Waals surface area contributed by atoms with Crippen LogP contribution < -0.4 is 4.74 Å². The molecule has 1 saturated heterocycles. The van der Waals surface area contributed by atoms with Gasteiger partial charge in [-0.25, -0.2) is 4.98 Å². The Labute approximate surface area is 130 Å². The smallest absolute Gasteiger partial charge is 0.137 e. The fourth-order valence-corrected chi connectivity index (χ4v) is 3.34. The number of methoxy groups -OCH3 is 1. The second kappa shape index (κ2) is 5.74. The number of aromatic amines is 1. The van der Waals surface area contributed by atoms with Crippen molar-refractivity contribution in [2.75, 3.05) is 26.9 Å². The van der Waals surface area contributed by atoms with Crippen molar-refractivity contribution < 1.29 is 9.47 Å². The fourth-order valence-electron chi connectivity index (χ4n) is 3.34. The molecule has 1 aromatic heterocycles. The molecule has 2 aromatic rings. The first kappa shape index (κ1) is 13.8. The van der Waals surface area contributed by atoms with E-state index in [-0.39, 0.29) is 0 Å². The predicted molar refractivity (Wildman–Crippen MR) is 83.9 cm³/mol. The number of fused-ring (bicyclic) bond motifs is 1. The van der Waals surface area contributed by atoms with Gasteiger partial charge >= 0.3 is 0 Å². The van der Waals surface area contributed by atoms with Gasteiger partial charge in [0.2, 0.25) is 0 Å². The van der Waals surface area contributed by atoms with Crippen molar-refractivity contribution in [2.24, 2.45) is 0 Å². The average molecular weight is 299 g/mol. The minimum Gasteiger partial charge on any atom is -0.497 e. The zero-order valence-electron chi connectivity index (χ0n) is 12.8. The molecule has 1 fully saturated rings. The largest absolute Gasteiger partial charge is 0.497 e. The molecule has 3 heterocycles. The number of benzene rings is 1. The zero-order chi connectivity index (χ0) is 14.9. The Morgan fingerprint density at radius 2 is 2.36 bits per heavy atom. The van der Waals surface area contributed by atoms with Crippen molar-refractivity contribution in [3.8, 4) is 17.1 Å². The summed E-state index contributed by atoms with van der Waals surface area (Å²) in [5.41, 5.74) is 3.52. The van der Waals surface area contributed by atoms with Gasteiger partial charge in [0.05, 0.1) is 25.1 Å². The molecule has 5 nitrogen and oxygen atoms in total. The Balaban J connectivity index is 1.58. The van der Waals surface area contributed by atoms with Gasteiger partial charge in [-0.15, -0.1) is 0 Å². The molecule has 116 valence electrons. The third kappa shape index (κ3) is 2.51. The highest BCUT2D eigenvalue weighted by Crippen LogP contribution is 2.27. The number of hydrogen-bond acceptors (Lipinski definition) is 4. The van der Waals surface area contributed by atoms with E-state index in [1.807, 2.05) is 18.2 Å². The van der Waals surface area contributed by atoms with Crippen molar-refractivity contribution >= 4 is 0 Å². The summed E-state index contributed by atoms with van der Waals surface area (Å²) in [6, 6.07) is 8.60. The maximum absolute atomic E-state index is 5.52. The van der Waals surface area contributed by atoms with Gasteiger partial charge in [0.15, 0.2) is 0 Å². The summed E-state index contributed by atoms with van der Waals surface area (Å²) in [6.45, 7) is 3.78. The van der Waals surface area contributed by atoms with E-state index in [4.69, 9.17) is 14.5 Å². The molecule has 2 aliphatic heterocycles. The summed E-state index contributed by atoms with van der Waals surface area (Å²) < 4.78 is 10.8. The quantitative estimate of drug-likeness (QED) is 0.944. The molecule has 1 atom stereocenters. The van der Waals surface area contributed by atoms with Gasteiger partial charge in [-0.1, -0.05) is 12.1 Å². The number of ether oxygens (including phenoxy) is 2. The lowest BCUT2D eigenvalue weighted by molar-refractivity contribution is 0.133. The Kier molecular flexibility index (Phi) is 3.60. The molecule has 0 radical (unpaired) electrons. The zero-order valence-corrected chi connectivity index (χ0v) is 12.8. The lowest BCUT2D eigenvalue weighted by atomic mass is 10.1. The third-order valence-corrected chi connectivity index (χ3v) is 4.63. The number of aromatic nitrogens is 2. The normalized spacial score (nSPS) is 21.8. The molecule has 0 amide bonds. The van der Waals surface area contributed by atoms with Crippen molar-refractivity contribution in [3.05, 3.63) is 35.7 Å². The molecule has 0 spiro atoms. The van der Waals surface area contributed by atoms with Crippen molar-refractivity contribution in [1.82, 2.24) is 14.9 Å². The number of H-pyrrole nitrogens is 1. The Bertz CT molecular complexity index is 662. The molecule has 0 unspecified atom stereocenters. The number of imidazole rings is 1. The van der Waals surface area contributed by atoms with Crippen LogP contribution in [0.5, 0.6) is 5.75 Å². The van der Waals surface area contributed by atoms with Crippen molar-refractivity contribution in [3.63, 3.8) is 0 Å². The Morgan fingerprint density at radius 3 is 3.18 bits per heavy atom. The molecule has 22 heavy (non-hydrogen) atoms. The van der Waals surface area contributed by atoms with Gasteiger partial charge in [-0.2, -0.15) is 0 Å². The second-order valence-corrected chi connectivity index (χ2v) is 5.98. The van der Waals surface area contributed by atoms with Crippen LogP contribution in [0.15, 0.2) is 24.3 Å². The summed E-state index contributed by atoms with van der Waals surface area (Å²) in [5, 5.41) is 0. The number of rotatable bonds is 3. The van der Waals surface area contributed by atoms with Crippen LogP contribution in [0, 0.1) is 0 Å². The van der Waals surface area contributed by atoms with Crippen LogP contribution in [-0.2, 0) is 17.7 Å². The summed E-state index contributed by atoms with van der Waals surface area (Å²) in [5.74, 6) is 1.80. The first-order valence-electron chi connectivity index (χ1n) is 7.87. The van der Waals surface area contributed by atoms with E-state index >= 15 is 0 Å². The highest BCUT2D eigenvalue weighted by Gasteiger charge is 2.28. The molecule has 0 aliphatic carbocycles. The summed E-state index contributed by atoms with van der Waals surface area (Å²) in [7, 11) is 1.69. The molecule has 4 rings (SSSR count). The third-order valence-electron chi connectivity index (χ3n) is 4.63. The van der Waals surface area contributed by atoms with Gasteiger partial charge in [0.1, 0.15) is 11.6 Å². The van der Waals surface area contributed by atoms with Gasteiger partial charge in [-0.3, -0.25) is 4.90 Å². The van der Waals surface area contributed by atoms with Gasteiger partial charge in [0.25, 0.3) is 0 Å². The van der Waals surface area contributed by atoms with Crippen LogP contribution in [0.4, 0.5) is 0 Å². The number of nitrogens with zero attached hydrogens (tertiary/aromatic N) is 2. The average Bonchev–Trinajstić information content (AvgIpc) is 3.23. The van der Waals surface area contributed by atoms with Crippen LogP contribution in [0.1, 0.15) is 17.8 Å². The molecular formula is C17H21N3O2. The van der Waals surface area contributed by atoms with Crippen LogP contribution in [0.2, 0.25) is 0 Å². The minimum atomic E-state index is 0.566. The highest BCUT2D eigenvalue weighted by molar-refractivity contribution is 5.58. The van der Waals surface area contributed by atoms with E-state index in [1.54, 1.807) is 7.11 Å². The first-order chi connectivity index (χ1) is 10.8. The molecular weight excluding hydrogens is 278 g/mol. The topological polar surface area (TPSA) is 50.4 Å².